The van der Waals surface area contributed by atoms with Crippen LogP contribution in [0.2, 0.25) is 0 Å². The molecule has 0 radical (unpaired) electrons. The average Bonchev–Trinajstić information content (AvgIpc) is 3.29. The Kier molecular flexibility index (Phi) is 3.38. The molecule has 1 aliphatic heterocycles. The molecule has 3 nitrogen and oxygen atoms in total. The molecule has 1 spiro atoms. The zero-order valence-corrected chi connectivity index (χ0v) is 15.2. The predicted molar refractivity (Wildman–Crippen MR) is 97.4 cm³/mol. The maximum atomic E-state index is 12.5. The molecule has 1 aromatic rings. The predicted octanol–water partition coefficient (Wildman–Crippen LogP) is 3.82. The van der Waals surface area contributed by atoms with Gasteiger partial charge in [0, 0.05) is 24.4 Å². The van der Waals surface area contributed by atoms with Gasteiger partial charge in [0.2, 0.25) is 5.91 Å². The number of benzene rings is 1. The lowest BCUT2D eigenvalue weighted by Gasteiger charge is -2.52. The van der Waals surface area contributed by atoms with Gasteiger partial charge in [0.05, 0.1) is 5.60 Å². The van der Waals surface area contributed by atoms with Crippen LogP contribution >= 0.6 is 0 Å². The molecule has 1 amide bonds. The third kappa shape index (κ3) is 2.81. The lowest BCUT2D eigenvalue weighted by atomic mass is 9.69. The van der Waals surface area contributed by atoms with E-state index < -0.39 is 5.60 Å². The van der Waals surface area contributed by atoms with Gasteiger partial charge in [-0.2, -0.15) is 0 Å². The first-order chi connectivity index (χ1) is 11.9. The van der Waals surface area contributed by atoms with Crippen LogP contribution < -0.4 is 0 Å². The third-order valence-corrected chi connectivity index (χ3v) is 7.22. The molecule has 4 aliphatic rings. The zero-order chi connectivity index (χ0) is 17.2. The molecule has 1 aromatic carbocycles. The van der Waals surface area contributed by atoms with Crippen LogP contribution in [0.3, 0.4) is 0 Å². The highest BCUT2D eigenvalue weighted by atomic mass is 16.3. The number of aliphatic hydroxyl groups is 1. The van der Waals surface area contributed by atoms with E-state index in [1.54, 1.807) is 5.56 Å². The van der Waals surface area contributed by atoms with Crippen LogP contribution in [0.4, 0.5) is 0 Å². The molecule has 3 aliphatic carbocycles. The Morgan fingerprint density at radius 2 is 1.76 bits per heavy atom. The van der Waals surface area contributed by atoms with E-state index in [9.17, 15) is 9.90 Å². The Labute approximate surface area is 150 Å². The van der Waals surface area contributed by atoms with Crippen LogP contribution in [0.1, 0.15) is 74.8 Å². The number of carbonyl (C=O) groups is 1. The minimum Gasteiger partial charge on any atom is -0.390 e. The monoisotopic (exact) mass is 339 g/mol. The molecule has 1 heterocycles. The van der Waals surface area contributed by atoms with E-state index >= 15 is 0 Å². The summed E-state index contributed by atoms with van der Waals surface area (Å²) in [5, 5.41) is 9.87. The second-order valence-electron chi connectivity index (χ2n) is 9.68. The summed E-state index contributed by atoms with van der Waals surface area (Å²) in [6, 6.07) is 9.31. The highest BCUT2D eigenvalue weighted by molar-refractivity contribution is 5.81. The molecule has 1 N–H and O–H groups in total. The Bertz CT molecular complexity index is 692. The maximum absolute atomic E-state index is 12.5. The molecule has 3 saturated carbocycles. The normalized spacial score (nSPS) is 36.2. The van der Waals surface area contributed by atoms with E-state index in [4.69, 9.17) is 0 Å². The molecule has 1 atom stereocenters. The van der Waals surface area contributed by atoms with Crippen LogP contribution in [0.15, 0.2) is 24.3 Å². The molecular formula is C22H29NO2. The van der Waals surface area contributed by atoms with E-state index in [1.807, 2.05) is 6.92 Å². The van der Waals surface area contributed by atoms with Crippen molar-refractivity contribution in [1.29, 1.82) is 0 Å². The summed E-state index contributed by atoms with van der Waals surface area (Å²) >= 11 is 0. The lowest BCUT2D eigenvalue weighted by molar-refractivity contribution is -0.161. The van der Waals surface area contributed by atoms with Crippen LogP contribution in [0.5, 0.6) is 0 Å². The van der Waals surface area contributed by atoms with Gasteiger partial charge in [-0.15, -0.1) is 0 Å². The van der Waals surface area contributed by atoms with Crippen molar-refractivity contribution in [2.45, 2.75) is 69.3 Å². The van der Waals surface area contributed by atoms with Gasteiger partial charge in [0.1, 0.15) is 0 Å². The lowest BCUT2D eigenvalue weighted by Crippen LogP contribution is -2.61. The average molecular weight is 339 g/mol. The van der Waals surface area contributed by atoms with E-state index in [0.29, 0.717) is 24.2 Å². The number of hydrogen-bond acceptors (Lipinski definition) is 2. The van der Waals surface area contributed by atoms with Gasteiger partial charge in [-0.3, -0.25) is 4.79 Å². The number of hydrogen-bond donors (Lipinski definition) is 1. The molecule has 3 heteroatoms. The molecule has 4 fully saturated rings. The van der Waals surface area contributed by atoms with Gasteiger partial charge in [-0.25, -0.2) is 0 Å². The number of rotatable bonds is 3. The van der Waals surface area contributed by atoms with Crippen molar-refractivity contribution in [3.05, 3.63) is 35.4 Å². The molecular weight excluding hydrogens is 310 g/mol. The standard InChI is InChI=1S/C22H29NO2/c1-21(25)10-19(11-21)20(24)23-13-22(14-23)8-7-18(12-22)17-4-2-3-16(9-17)15-5-6-15/h2-4,9,15,18-19,25H,5-8,10-14H2,1H3/t18?,19-,21+. The van der Waals surface area contributed by atoms with Gasteiger partial charge in [-0.1, -0.05) is 24.3 Å². The quantitative estimate of drug-likeness (QED) is 0.909. The molecule has 0 bridgehead atoms. The first-order valence-corrected chi connectivity index (χ1v) is 10.0. The first-order valence-electron chi connectivity index (χ1n) is 10.0. The zero-order valence-electron chi connectivity index (χ0n) is 15.2. The van der Waals surface area contributed by atoms with Gasteiger partial charge in [-0.05, 0) is 74.8 Å². The summed E-state index contributed by atoms with van der Waals surface area (Å²) in [7, 11) is 0. The Balaban J connectivity index is 1.19. The summed E-state index contributed by atoms with van der Waals surface area (Å²) in [5.74, 6) is 1.86. The number of carbonyl (C=O) groups excluding carboxylic acids is 1. The van der Waals surface area contributed by atoms with E-state index in [2.05, 4.69) is 29.2 Å². The Morgan fingerprint density at radius 3 is 2.40 bits per heavy atom. The van der Waals surface area contributed by atoms with Crippen molar-refractivity contribution in [2.24, 2.45) is 11.3 Å². The van der Waals surface area contributed by atoms with Crippen LogP contribution in [0.25, 0.3) is 0 Å². The second-order valence-corrected chi connectivity index (χ2v) is 9.68. The van der Waals surface area contributed by atoms with E-state index in [1.165, 1.54) is 37.7 Å². The largest absolute Gasteiger partial charge is 0.390 e. The van der Waals surface area contributed by atoms with Crippen LogP contribution in [-0.2, 0) is 4.79 Å². The van der Waals surface area contributed by atoms with Crippen molar-refractivity contribution >= 4 is 5.91 Å². The van der Waals surface area contributed by atoms with Crippen molar-refractivity contribution in [2.75, 3.05) is 13.1 Å². The summed E-state index contributed by atoms with van der Waals surface area (Å²) in [4.78, 5) is 14.6. The fourth-order valence-electron chi connectivity index (χ4n) is 5.62. The maximum Gasteiger partial charge on any atom is 0.225 e. The fraction of sp³-hybridized carbons (Fsp3) is 0.682. The van der Waals surface area contributed by atoms with Crippen LogP contribution in [-0.4, -0.2) is 34.6 Å². The fourth-order valence-corrected chi connectivity index (χ4v) is 5.62. The van der Waals surface area contributed by atoms with Gasteiger partial charge in [0.15, 0.2) is 0 Å². The highest BCUT2D eigenvalue weighted by Crippen LogP contribution is 2.53. The topological polar surface area (TPSA) is 40.5 Å². The number of likely N-dealkylation sites (tertiary alicyclic amines) is 1. The summed E-state index contributed by atoms with van der Waals surface area (Å²) in [6.45, 7) is 3.73. The van der Waals surface area contributed by atoms with Gasteiger partial charge in [0.25, 0.3) is 0 Å². The Hall–Kier alpha value is -1.35. The van der Waals surface area contributed by atoms with E-state index in [-0.39, 0.29) is 11.8 Å². The number of nitrogens with zero attached hydrogens (tertiary/aromatic N) is 1. The van der Waals surface area contributed by atoms with Crippen molar-refractivity contribution in [3.8, 4) is 0 Å². The van der Waals surface area contributed by atoms with E-state index in [0.717, 1.165) is 19.0 Å². The second kappa shape index (κ2) is 5.33. The highest BCUT2D eigenvalue weighted by Gasteiger charge is 2.53. The molecule has 5 rings (SSSR count). The smallest absolute Gasteiger partial charge is 0.225 e. The summed E-state index contributed by atoms with van der Waals surface area (Å²) < 4.78 is 0. The molecule has 1 unspecified atom stereocenters. The van der Waals surface area contributed by atoms with Gasteiger partial charge >= 0.3 is 0 Å². The van der Waals surface area contributed by atoms with Crippen molar-refractivity contribution in [1.82, 2.24) is 4.90 Å². The molecule has 1 saturated heterocycles. The van der Waals surface area contributed by atoms with Crippen molar-refractivity contribution in [3.63, 3.8) is 0 Å². The molecule has 134 valence electrons. The first kappa shape index (κ1) is 15.9. The summed E-state index contributed by atoms with van der Waals surface area (Å²) in [5.41, 5.74) is 2.85. The summed E-state index contributed by atoms with van der Waals surface area (Å²) in [6.07, 6.45) is 7.79. The molecule has 25 heavy (non-hydrogen) atoms. The van der Waals surface area contributed by atoms with Crippen LogP contribution in [0, 0.1) is 11.3 Å². The SMILES string of the molecule is C[C@]1(O)C[C@@H](C(=O)N2CC3(CCC(c4cccc(C5CC5)c4)C3)C2)C1. The Morgan fingerprint density at radius 1 is 1.08 bits per heavy atom. The minimum atomic E-state index is -0.603. The van der Waals surface area contributed by atoms with Gasteiger partial charge < -0.3 is 10.0 Å². The minimum absolute atomic E-state index is 0.0692. The molecule has 0 aromatic heterocycles. The third-order valence-electron chi connectivity index (χ3n) is 7.22. The van der Waals surface area contributed by atoms with Crippen molar-refractivity contribution < 1.29 is 9.90 Å². The number of amides is 1.